The molecule has 1 atom stereocenters. The molecule has 0 bridgehead atoms. The van der Waals surface area contributed by atoms with Crippen LogP contribution in [0.1, 0.15) is 18.9 Å². The summed E-state index contributed by atoms with van der Waals surface area (Å²) in [5.41, 5.74) is 0.953. The van der Waals surface area contributed by atoms with Crippen LogP contribution in [-0.2, 0) is 24.2 Å². The number of hydrogen-bond acceptors (Lipinski definition) is 5. The zero-order chi connectivity index (χ0) is 16.9. The lowest BCUT2D eigenvalue weighted by Crippen LogP contribution is -2.35. The summed E-state index contributed by atoms with van der Waals surface area (Å²) in [5, 5.41) is 0. The van der Waals surface area contributed by atoms with Gasteiger partial charge in [0.1, 0.15) is 0 Å². The van der Waals surface area contributed by atoms with Crippen molar-refractivity contribution in [3.8, 4) is 0 Å². The number of benzene rings is 1. The molecule has 0 aliphatic carbocycles. The van der Waals surface area contributed by atoms with Crippen LogP contribution in [-0.4, -0.2) is 51.1 Å². The Morgan fingerprint density at radius 1 is 1.18 bits per heavy atom. The second kappa shape index (κ2) is 7.40. The lowest BCUT2D eigenvalue weighted by molar-refractivity contribution is -0.157. The molecule has 1 aromatic carbocycles. The summed E-state index contributed by atoms with van der Waals surface area (Å²) in [5.74, 6) is -1.41. The van der Waals surface area contributed by atoms with Gasteiger partial charge >= 0.3 is 5.97 Å². The maximum Gasteiger partial charge on any atom is 0.307 e. The number of nitrogens with zero attached hydrogens (tertiary/aromatic N) is 1. The Bertz CT molecular complexity index is 634. The van der Waals surface area contributed by atoms with E-state index in [4.69, 9.17) is 4.74 Å². The van der Waals surface area contributed by atoms with Crippen LogP contribution < -0.4 is 0 Å². The first-order valence-electron chi connectivity index (χ1n) is 6.83. The summed E-state index contributed by atoms with van der Waals surface area (Å²) >= 11 is 0. The number of carbonyl (C=O) groups excluding carboxylic acids is 2. The van der Waals surface area contributed by atoms with Gasteiger partial charge in [0.25, 0.3) is 5.91 Å². The van der Waals surface area contributed by atoms with Gasteiger partial charge in [-0.15, -0.1) is 0 Å². The number of carbonyl (C=O) groups is 2. The highest BCUT2D eigenvalue weighted by molar-refractivity contribution is 7.91. The van der Waals surface area contributed by atoms with Gasteiger partial charge in [-0.1, -0.05) is 17.7 Å². The van der Waals surface area contributed by atoms with E-state index in [1.807, 2.05) is 6.92 Å². The second-order valence-electron chi connectivity index (χ2n) is 5.25. The summed E-state index contributed by atoms with van der Waals surface area (Å²) in [6.07, 6.45) is -1.22. The molecule has 122 valence electrons. The second-order valence-corrected chi connectivity index (χ2v) is 7.36. The smallest absolute Gasteiger partial charge is 0.307 e. The number of amides is 1. The Hall–Kier alpha value is -1.89. The van der Waals surface area contributed by atoms with Crippen molar-refractivity contribution in [1.29, 1.82) is 0 Å². The molecule has 1 unspecified atom stereocenters. The molecule has 6 nitrogen and oxygen atoms in total. The highest BCUT2D eigenvalue weighted by atomic mass is 32.2. The van der Waals surface area contributed by atoms with E-state index < -0.39 is 21.9 Å². The topological polar surface area (TPSA) is 80.7 Å². The van der Waals surface area contributed by atoms with E-state index in [2.05, 4.69) is 0 Å². The molecule has 0 spiro atoms. The minimum absolute atomic E-state index is 0.170. The van der Waals surface area contributed by atoms with E-state index in [9.17, 15) is 18.0 Å². The zero-order valence-corrected chi connectivity index (χ0v) is 14.0. The first kappa shape index (κ1) is 18.2. The molecular formula is C15H21NO5S. The highest BCUT2D eigenvalue weighted by Gasteiger charge is 2.21. The predicted molar refractivity (Wildman–Crippen MR) is 82.1 cm³/mol. The van der Waals surface area contributed by atoms with Crippen molar-refractivity contribution in [3.05, 3.63) is 29.8 Å². The monoisotopic (exact) mass is 327 g/mol. The maximum atomic E-state index is 12.1. The van der Waals surface area contributed by atoms with Gasteiger partial charge in [-0.2, -0.15) is 0 Å². The molecule has 0 saturated carbocycles. The molecule has 1 aromatic rings. The van der Waals surface area contributed by atoms with Gasteiger partial charge in [0.2, 0.25) is 0 Å². The van der Waals surface area contributed by atoms with E-state index in [1.165, 1.54) is 24.0 Å². The molecule has 0 heterocycles. The summed E-state index contributed by atoms with van der Waals surface area (Å²) in [7, 11) is -0.440. The molecule has 22 heavy (non-hydrogen) atoms. The molecule has 0 fully saturated rings. The number of esters is 1. The van der Waals surface area contributed by atoms with E-state index in [1.54, 1.807) is 26.2 Å². The Morgan fingerprint density at radius 3 is 2.23 bits per heavy atom. The van der Waals surface area contributed by atoms with E-state index in [-0.39, 0.29) is 23.0 Å². The maximum absolute atomic E-state index is 12.1. The van der Waals surface area contributed by atoms with Crippen LogP contribution in [0.5, 0.6) is 0 Å². The molecule has 0 N–H and O–H groups in total. The first-order valence-corrected chi connectivity index (χ1v) is 8.49. The Morgan fingerprint density at radius 2 is 1.73 bits per heavy atom. The average molecular weight is 327 g/mol. The van der Waals surface area contributed by atoms with Crippen LogP contribution >= 0.6 is 0 Å². The van der Waals surface area contributed by atoms with Crippen molar-refractivity contribution in [2.24, 2.45) is 0 Å². The van der Waals surface area contributed by atoms with Crippen LogP contribution in [0.3, 0.4) is 0 Å². The van der Waals surface area contributed by atoms with Gasteiger partial charge in [0.15, 0.2) is 15.9 Å². The van der Waals surface area contributed by atoms with Crippen molar-refractivity contribution >= 4 is 21.7 Å². The van der Waals surface area contributed by atoms with Crippen LogP contribution in [0.4, 0.5) is 0 Å². The number of hydrogen-bond donors (Lipinski definition) is 0. The third-order valence-electron chi connectivity index (χ3n) is 3.05. The number of sulfone groups is 1. The van der Waals surface area contributed by atoms with Crippen molar-refractivity contribution in [2.75, 3.05) is 19.8 Å². The third-order valence-corrected chi connectivity index (χ3v) is 4.78. The van der Waals surface area contributed by atoms with Crippen LogP contribution in [0, 0.1) is 6.92 Å². The number of aryl methyl sites for hydroxylation is 1. The number of likely N-dealkylation sites (N-methyl/N-ethyl adjacent to an activating group) is 1. The largest absolute Gasteiger partial charge is 0.453 e. The van der Waals surface area contributed by atoms with Gasteiger partial charge in [-0.05, 0) is 26.0 Å². The minimum Gasteiger partial charge on any atom is -0.453 e. The lowest BCUT2D eigenvalue weighted by Gasteiger charge is -2.17. The molecule has 7 heteroatoms. The minimum atomic E-state index is -3.54. The quantitative estimate of drug-likeness (QED) is 0.733. The van der Waals surface area contributed by atoms with Gasteiger partial charge in [-0.25, -0.2) is 8.42 Å². The van der Waals surface area contributed by atoms with Crippen LogP contribution in [0.15, 0.2) is 29.2 Å². The fourth-order valence-electron chi connectivity index (χ4n) is 1.75. The molecule has 0 aromatic heterocycles. The molecule has 0 aliphatic heterocycles. The fraction of sp³-hybridized carbons (Fsp3) is 0.467. The average Bonchev–Trinajstić information content (AvgIpc) is 2.44. The lowest BCUT2D eigenvalue weighted by atomic mass is 10.2. The SMILES string of the molecule is Cc1ccc(S(=O)(=O)CCC(=O)OC(C)C(=O)N(C)C)cc1. The molecular weight excluding hydrogens is 306 g/mol. The Balaban J connectivity index is 2.60. The first-order chi connectivity index (χ1) is 10.1. The standard InChI is InChI=1S/C15H21NO5S/c1-11-5-7-13(8-6-11)22(19,20)10-9-14(17)21-12(2)15(18)16(3)4/h5-8,12H,9-10H2,1-4H3. The molecule has 0 saturated heterocycles. The van der Waals surface area contributed by atoms with Gasteiger partial charge in [-0.3, -0.25) is 9.59 Å². The van der Waals surface area contributed by atoms with Gasteiger partial charge in [0.05, 0.1) is 17.1 Å². The van der Waals surface area contributed by atoms with Crippen LogP contribution in [0.2, 0.25) is 0 Å². The normalized spacial score (nSPS) is 12.5. The van der Waals surface area contributed by atoms with Gasteiger partial charge in [0, 0.05) is 14.1 Å². The Labute approximate surface area is 131 Å². The van der Waals surface area contributed by atoms with E-state index >= 15 is 0 Å². The number of rotatable bonds is 6. The molecule has 0 aliphatic rings. The predicted octanol–water partition coefficient (Wildman–Crippen LogP) is 1.18. The van der Waals surface area contributed by atoms with Crippen molar-refractivity contribution in [3.63, 3.8) is 0 Å². The van der Waals surface area contributed by atoms with Crippen molar-refractivity contribution in [2.45, 2.75) is 31.3 Å². The number of ether oxygens (including phenoxy) is 1. The van der Waals surface area contributed by atoms with Crippen LogP contribution in [0.25, 0.3) is 0 Å². The van der Waals surface area contributed by atoms with E-state index in [0.29, 0.717) is 0 Å². The zero-order valence-electron chi connectivity index (χ0n) is 13.2. The molecule has 0 radical (unpaired) electrons. The fourth-order valence-corrected chi connectivity index (χ4v) is 2.97. The van der Waals surface area contributed by atoms with E-state index in [0.717, 1.165) is 5.56 Å². The van der Waals surface area contributed by atoms with Crippen molar-refractivity contribution in [1.82, 2.24) is 4.90 Å². The summed E-state index contributed by atoms with van der Waals surface area (Å²) < 4.78 is 29.1. The van der Waals surface area contributed by atoms with Gasteiger partial charge < -0.3 is 9.64 Å². The summed E-state index contributed by atoms with van der Waals surface area (Å²) in [6, 6.07) is 6.41. The molecule has 1 amide bonds. The molecule has 1 rings (SSSR count). The Kier molecular flexibility index (Phi) is 6.11. The van der Waals surface area contributed by atoms with Crippen molar-refractivity contribution < 1.29 is 22.7 Å². The summed E-state index contributed by atoms with van der Waals surface area (Å²) in [6.45, 7) is 3.31. The summed E-state index contributed by atoms with van der Waals surface area (Å²) in [4.78, 5) is 24.7. The highest BCUT2D eigenvalue weighted by Crippen LogP contribution is 2.13. The third kappa shape index (κ3) is 5.14.